The molecule has 15 heavy (non-hydrogen) atoms. The standard InChI is InChI=1S/C11H15NO3/c1-7(12)3-8-4-10(14)11(15-2)5-9(8)6-13/h4-7,14H,3,12H2,1-2H3. The lowest BCUT2D eigenvalue weighted by Crippen LogP contribution is -2.18. The minimum Gasteiger partial charge on any atom is -0.504 e. The van der Waals surface area contributed by atoms with Gasteiger partial charge >= 0.3 is 0 Å². The Hall–Kier alpha value is -1.55. The molecule has 82 valence electrons. The van der Waals surface area contributed by atoms with Crippen LogP contribution in [0.4, 0.5) is 0 Å². The molecule has 0 saturated heterocycles. The van der Waals surface area contributed by atoms with E-state index < -0.39 is 0 Å². The highest BCUT2D eigenvalue weighted by atomic mass is 16.5. The quantitative estimate of drug-likeness (QED) is 0.728. The van der Waals surface area contributed by atoms with Gasteiger partial charge in [-0.15, -0.1) is 0 Å². The van der Waals surface area contributed by atoms with Crippen molar-refractivity contribution in [3.8, 4) is 11.5 Å². The Balaban J connectivity index is 3.15. The molecular formula is C11H15NO3. The highest BCUT2D eigenvalue weighted by Crippen LogP contribution is 2.29. The maximum Gasteiger partial charge on any atom is 0.161 e. The Morgan fingerprint density at radius 3 is 2.73 bits per heavy atom. The molecule has 4 heteroatoms. The highest BCUT2D eigenvalue weighted by Gasteiger charge is 2.10. The summed E-state index contributed by atoms with van der Waals surface area (Å²) in [6.07, 6.45) is 1.28. The van der Waals surface area contributed by atoms with Gasteiger partial charge < -0.3 is 15.6 Å². The summed E-state index contributed by atoms with van der Waals surface area (Å²) in [5.74, 6) is 0.323. The van der Waals surface area contributed by atoms with Gasteiger partial charge in [-0.3, -0.25) is 4.79 Å². The lowest BCUT2D eigenvalue weighted by molar-refractivity contribution is 0.112. The van der Waals surface area contributed by atoms with Gasteiger partial charge in [-0.2, -0.15) is 0 Å². The van der Waals surface area contributed by atoms with Crippen molar-refractivity contribution >= 4 is 6.29 Å². The summed E-state index contributed by atoms with van der Waals surface area (Å²) >= 11 is 0. The topological polar surface area (TPSA) is 72.5 Å². The number of hydrogen-bond donors (Lipinski definition) is 2. The van der Waals surface area contributed by atoms with Gasteiger partial charge in [0.1, 0.15) is 6.29 Å². The van der Waals surface area contributed by atoms with Crippen LogP contribution in [0.1, 0.15) is 22.8 Å². The highest BCUT2D eigenvalue weighted by molar-refractivity contribution is 5.79. The average molecular weight is 209 g/mol. The molecule has 1 atom stereocenters. The molecule has 1 unspecified atom stereocenters. The summed E-state index contributed by atoms with van der Waals surface area (Å²) in [6.45, 7) is 1.84. The first-order valence-corrected chi connectivity index (χ1v) is 4.69. The van der Waals surface area contributed by atoms with Crippen LogP contribution in [0, 0.1) is 0 Å². The SMILES string of the molecule is COc1cc(C=O)c(CC(C)N)cc1O. The zero-order chi connectivity index (χ0) is 11.4. The molecule has 0 aliphatic heterocycles. The first-order valence-electron chi connectivity index (χ1n) is 4.69. The van der Waals surface area contributed by atoms with Gasteiger partial charge in [0.2, 0.25) is 0 Å². The van der Waals surface area contributed by atoms with Crippen molar-refractivity contribution in [1.29, 1.82) is 0 Å². The van der Waals surface area contributed by atoms with Crippen LogP contribution < -0.4 is 10.5 Å². The monoisotopic (exact) mass is 209 g/mol. The average Bonchev–Trinajstić information content (AvgIpc) is 2.17. The van der Waals surface area contributed by atoms with Crippen molar-refractivity contribution in [3.05, 3.63) is 23.3 Å². The molecule has 0 radical (unpaired) electrons. The Kier molecular flexibility index (Phi) is 3.68. The Bertz CT molecular complexity index is 361. The van der Waals surface area contributed by atoms with Gasteiger partial charge in [-0.1, -0.05) is 0 Å². The summed E-state index contributed by atoms with van der Waals surface area (Å²) in [7, 11) is 1.44. The van der Waals surface area contributed by atoms with Crippen LogP contribution in [0.25, 0.3) is 0 Å². The normalized spacial score (nSPS) is 12.2. The number of ether oxygens (including phenoxy) is 1. The number of phenolic OH excluding ortho intramolecular Hbond substituents is 1. The third kappa shape index (κ3) is 2.70. The third-order valence-corrected chi connectivity index (χ3v) is 2.11. The van der Waals surface area contributed by atoms with Gasteiger partial charge in [0, 0.05) is 11.6 Å². The van der Waals surface area contributed by atoms with E-state index in [0.29, 0.717) is 17.7 Å². The molecule has 0 heterocycles. The first kappa shape index (κ1) is 11.5. The van der Waals surface area contributed by atoms with Crippen LogP contribution in [-0.4, -0.2) is 24.5 Å². The minimum absolute atomic E-state index is 0.0266. The number of hydrogen-bond acceptors (Lipinski definition) is 4. The van der Waals surface area contributed by atoms with Gasteiger partial charge in [0.05, 0.1) is 7.11 Å². The van der Waals surface area contributed by atoms with Crippen molar-refractivity contribution in [2.75, 3.05) is 7.11 Å². The Morgan fingerprint density at radius 2 is 2.27 bits per heavy atom. The molecule has 4 nitrogen and oxygen atoms in total. The number of nitrogens with two attached hydrogens (primary N) is 1. The summed E-state index contributed by atoms with van der Waals surface area (Å²) in [5, 5.41) is 9.54. The number of rotatable bonds is 4. The fourth-order valence-corrected chi connectivity index (χ4v) is 1.42. The Labute approximate surface area is 88.7 Å². The third-order valence-electron chi connectivity index (χ3n) is 2.11. The fourth-order valence-electron chi connectivity index (χ4n) is 1.42. The smallest absolute Gasteiger partial charge is 0.161 e. The maximum atomic E-state index is 10.8. The van der Waals surface area contributed by atoms with Crippen LogP contribution in [0.15, 0.2) is 12.1 Å². The van der Waals surface area contributed by atoms with E-state index in [0.717, 1.165) is 11.8 Å². The molecule has 3 N–H and O–H groups in total. The van der Waals surface area contributed by atoms with Crippen molar-refractivity contribution in [2.45, 2.75) is 19.4 Å². The number of phenols is 1. The van der Waals surface area contributed by atoms with E-state index in [4.69, 9.17) is 10.5 Å². The number of aromatic hydroxyl groups is 1. The van der Waals surface area contributed by atoms with Gasteiger partial charge in [-0.05, 0) is 31.0 Å². The number of carbonyl (C=O) groups excluding carboxylic acids is 1. The van der Waals surface area contributed by atoms with Crippen molar-refractivity contribution in [1.82, 2.24) is 0 Å². The summed E-state index contributed by atoms with van der Waals surface area (Å²) in [4.78, 5) is 10.8. The van der Waals surface area contributed by atoms with Crippen molar-refractivity contribution < 1.29 is 14.6 Å². The minimum atomic E-state index is -0.0588. The number of aldehydes is 1. The van der Waals surface area contributed by atoms with E-state index in [9.17, 15) is 9.90 Å². The number of carbonyl (C=O) groups is 1. The molecule has 0 saturated carbocycles. The fraction of sp³-hybridized carbons (Fsp3) is 0.364. The maximum absolute atomic E-state index is 10.8. The van der Waals surface area contributed by atoms with Crippen LogP contribution in [0.2, 0.25) is 0 Å². The van der Waals surface area contributed by atoms with Crippen LogP contribution in [0.5, 0.6) is 11.5 Å². The molecule has 0 amide bonds. The van der Waals surface area contributed by atoms with Crippen LogP contribution in [-0.2, 0) is 6.42 Å². The van der Waals surface area contributed by atoms with Gasteiger partial charge in [-0.25, -0.2) is 0 Å². The van der Waals surface area contributed by atoms with E-state index in [2.05, 4.69) is 0 Å². The molecule has 0 spiro atoms. The molecule has 0 bridgehead atoms. The molecule has 1 aromatic rings. The molecule has 0 aromatic heterocycles. The number of benzene rings is 1. The summed E-state index contributed by atoms with van der Waals surface area (Å²) in [6, 6.07) is 2.97. The zero-order valence-electron chi connectivity index (χ0n) is 8.86. The predicted octanol–water partition coefficient (Wildman–Crippen LogP) is 1.10. The van der Waals surface area contributed by atoms with E-state index >= 15 is 0 Å². The summed E-state index contributed by atoms with van der Waals surface area (Å²) in [5.41, 5.74) is 6.88. The van der Waals surface area contributed by atoms with Crippen molar-refractivity contribution in [3.63, 3.8) is 0 Å². The summed E-state index contributed by atoms with van der Waals surface area (Å²) < 4.78 is 4.91. The molecule has 0 fully saturated rings. The van der Waals surface area contributed by atoms with E-state index in [1.54, 1.807) is 0 Å². The van der Waals surface area contributed by atoms with Crippen molar-refractivity contribution in [2.24, 2.45) is 5.73 Å². The molecular weight excluding hydrogens is 194 g/mol. The largest absolute Gasteiger partial charge is 0.504 e. The molecule has 1 rings (SSSR count). The van der Waals surface area contributed by atoms with E-state index in [1.807, 2.05) is 6.92 Å². The van der Waals surface area contributed by atoms with E-state index in [1.165, 1.54) is 19.2 Å². The molecule has 0 aliphatic rings. The Morgan fingerprint density at radius 1 is 1.60 bits per heavy atom. The molecule has 1 aromatic carbocycles. The number of methoxy groups -OCH3 is 1. The first-order chi connectivity index (χ1) is 7.08. The second-order valence-electron chi connectivity index (χ2n) is 3.52. The van der Waals surface area contributed by atoms with Crippen LogP contribution >= 0.6 is 0 Å². The zero-order valence-corrected chi connectivity index (χ0v) is 8.86. The van der Waals surface area contributed by atoms with Gasteiger partial charge in [0.25, 0.3) is 0 Å². The molecule has 0 aliphatic carbocycles. The predicted molar refractivity (Wildman–Crippen MR) is 57.4 cm³/mol. The second-order valence-corrected chi connectivity index (χ2v) is 3.52. The van der Waals surface area contributed by atoms with Gasteiger partial charge in [0.15, 0.2) is 11.5 Å². The van der Waals surface area contributed by atoms with E-state index in [-0.39, 0.29) is 11.8 Å². The lowest BCUT2D eigenvalue weighted by atomic mass is 10.0. The van der Waals surface area contributed by atoms with Crippen LogP contribution in [0.3, 0.4) is 0 Å². The second kappa shape index (κ2) is 4.79. The lowest BCUT2D eigenvalue weighted by Gasteiger charge is -2.11.